The number of hydrogen-bond acceptors (Lipinski definition) is 1. The minimum absolute atomic E-state index is 0.0542. The van der Waals surface area contributed by atoms with Crippen LogP contribution < -0.4 is 0 Å². The summed E-state index contributed by atoms with van der Waals surface area (Å²) < 4.78 is 5.69. The van der Waals surface area contributed by atoms with Crippen molar-refractivity contribution < 1.29 is 4.74 Å². The van der Waals surface area contributed by atoms with E-state index in [1.165, 1.54) is 32.1 Å². The van der Waals surface area contributed by atoms with Crippen molar-refractivity contribution in [3.05, 3.63) is 0 Å². The second-order valence-corrected chi connectivity index (χ2v) is 4.90. The highest BCUT2D eigenvalue weighted by atomic mass is 16.5. The molecule has 1 nitrogen and oxygen atoms in total. The molecule has 1 heteroatoms. The van der Waals surface area contributed by atoms with Crippen molar-refractivity contribution in [3.8, 4) is 0 Å². The third-order valence-corrected chi connectivity index (χ3v) is 2.54. The standard InChI is InChI=1S/C11H22O/c1-11(2,3)12-9-8-10-6-4-5-7-10/h10H,4-9H2,1-3H3. The third kappa shape index (κ3) is 4.10. The van der Waals surface area contributed by atoms with E-state index < -0.39 is 0 Å². The van der Waals surface area contributed by atoms with Gasteiger partial charge in [-0.1, -0.05) is 25.7 Å². The molecule has 0 aromatic rings. The van der Waals surface area contributed by atoms with Crippen molar-refractivity contribution >= 4 is 0 Å². The van der Waals surface area contributed by atoms with Crippen LogP contribution in [0.5, 0.6) is 0 Å². The van der Waals surface area contributed by atoms with Crippen LogP contribution in [0, 0.1) is 5.92 Å². The van der Waals surface area contributed by atoms with Gasteiger partial charge in [-0.15, -0.1) is 0 Å². The lowest BCUT2D eigenvalue weighted by molar-refractivity contribution is -0.00895. The molecule has 1 fully saturated rings. The lowest BCUT2D eigenvalue weighted by atomic mass is 10.1. The quantitative estimate of drug-likeness (QED) is 0.631. The molecule has 0 radical (unpaired) electrons. The fourth-order valence-corrected chi connectivity index (χ4v) is 1.83. The number of hydrogen-bond donors (Lipinski definition) is 0. The Hall–Kier alpha value is -0.0400. The zero-order valence-corrected chi connectivity index (χ0v) is 8.73. The maximum Gasteiger partial charge on any atom is 0.0598 e. The Labute approximate surface area is 76.5 Å². The summed E-state index contributed by atoms with van der Waals surface area (Å²) in [6.07, 6.45) is 7.04. The minimum atomic E-state index is 0.0542. The van der Waals surface area contributed by atoms with Crippen LogP contribution in [0.25, 0.3) is 0 Å². The van der Waals surface area contributed by atoms with E-state index in [0.29, 0.717) is 0 Å². The lowest BCUT2D eigenvalue weighted by Gasteiger charge is -2.20. The van der Waals surface area contributed by atoms with Crippen LogP contribution in [0.3, 0.4) is 0 Å². The Morgan fingerprint density at radius 3 is 2.25 bits per heavy atom. The molecule has 0 unspecified atom stereocenters. The minimum Gasteiger partial charge on any atom is -0.376 e. The fourth-order valence-electron chi connectivity index (χ4n) is 1.83. The van der Waals surface area contributed by atoms with Gasteiger partial charge in [0.1, 0.15) is 0 Å². The summed E-state index contributed by atoms with van der Waals surface area (Å²) in [7, 11) is 0. The van der Waals surface area contributed by atoms with Crippen LogP contribution in [-0.4, -0.2) is 12.2 Å². The van der Waals surface area contributed by atoms with Gasteiger partial charge in [-0.3, -0.25) is 0 Å². The molecule has 0 heterocycles. The lowest BCUT2D eigenvalue weighted by Crippen LogP contribution is -2.20. The van der Waals surface area contributed by atoms with Gasteiger partial charge in [-0.25, -0.2) is 0 Å². The molecule has 0 aliphatic heterocycles. The van der Waals surface area contributed by atoms with Gasteiger partial charge in [0.25, 0.3) is 0 Å². The van der Waals surface area contributed by atoms with Gasteiger partial charge in [0, 0.05) is 6.61 Å². The number of rotatable bonds is 3. The molecular formula is C11H22O. The van der Waals surface area contributed by atoms with E-state index in [4.69, 9.17) is 4.74 Å². The van der Waals surface area contributed by atoms with Gasteiger partial charge in [0.15, 0.2) is 0 Å². The Balaban J connectivity index is 2.02. The molecule has 0 amide bonds. The highest BCUT2D eigenvalue weighted by Crippen LogP contribution is 2.27. The first-order valence-electron chi connectivity index (χ1n) is 5.22. The zero-order valence-electron chi connectivity index (χ0n) is 8.73. The van der Waals surface area contributed by atoms with Gasteiger partial charge < -0.3 is 4.74 Å². The smallest absolute Gasteiger partial charge is 0.0598 e. The summed E-state index contributed by atoms with van der Waals surface area (Å²) in [5, 5.41) is 0. The molecule has 12 heavy (non-hydrogen) atoms. The third-order valence-electron chi connectivity index (χ3n) is 2.54. The van der Waals surface area contributed by atoms with Crippen molar-refractivity contribution in [2.24, 2.45) is 5.92 Å². The first kappa shape index (κ1) is 10.0. The summed E-state index contributed by atoms with van der Waals surface area (Å²) in [4.78, 5) is 0. The first-order chi connectivity index (χ1) is 5.58. The molecule has 0 bridgehead atoms. The van der Waals surface area contributed by atoms with Crippen LogP contribution in [0.4, 0.5) is 0 Å². The molecule has 1 saturated carbocycles. The molecule has 1 rings (SSSR count). The van der Waals surface area contributed by atoms with Gasteiger partial charge >= 0.3 is 0 Å². The largest absolute Gasteiger partial charge is 0.376 e. The maximum absolute atomic E-state index is 5.69. The van der Waals surface area contributed by atoms with E-state index >= 15 is 0 Å². The molecule has 0 aromatic carbocycles. The van der Waals surface area contributed by atoms with Crippen LogP contribution >= 0.6 is 0 Å². The van der Waals surface area contributed by atoms with Gasteiger partial charge in [0.2, 0.25) is 0 Å². The molecular weight excluding hydrogens is 148 g/mol. The van der Waals surface area contributed by atoms with E-state index in [2.05, 4.69) is 20.8 Å². The van der Waals surface area contributed by atoms with Crippen LogP contribution in [0.1, 0.15) is 52.9 Å². The predicted molar refractivity (Wildman–Crippen MR) is 52.3 cm³/mol. The van der Waals surface area contributed by atoms with E-state index in [-0.39, 0.29) is 5.60 Å². The van der Waals surface area contributed by atoms with Crippen molar-refractivity contribution in [3.63, 3.8) is 0 Å². The normalized spacial score (nSPS) is 20.2. The van der Waals surface area contributed by atoms with Gasteiger partial charge in [0.05, 0.1) is 5.60 Å². The molecule has 0 atom stereocenters. The maximum atomic E-state index is 5.69. The van der Waals surface area contributed by atoms with Gasteiger partial charge in [-0.05, 0) is 33.1 Å². The molecule has 0 saturated heterocycles. The van der Waals surface area contributed by atoms with E-state index in [1.54, 1.807) is 0 Å². The summed E-state index contributed by atoms with van der Waals surface area (Å²) >= 11 is 0. The highest BCUT2D eigenvalue weighted by Gasteiger charge is 2.16. The molecule has 0 aromatic heterocycles. The second-order valence-electron chi connectivity index (χ2n) is 4.90. The van der Waals surface area contributed by atoms with Gasteiger partial charge in [-0.2, -0.15) is 0 Å². The van der Waals surface area contributed by atoms with Crippen molar-refractivity contribution in [2.45, 2.75) is 58.5 Å². The average molecular weight is 170 g/mol. The van der Waals surface area contributed by atoms with Crippen molar-refractivity contribution in [1.29, 1.82) is 0 Å². The Morgan fingerprint density at radius 1 is 1.17 bits per heavy atom. The monoisotopic (exact) mass is 170 g/mol. The molecule has 0 spiro atoms. The second kappa shape index (κ2) is 4.27. The first-order valence-corrected chi connectivity index (χ1v) is 5.22. The molecule has 1 aliphatic carbocycles. The van der Waals surface area contributed by atoms with Crippen LogP contribution in [0.15, 0.2) is 0 Å². The Morgan fingerprint density at radius 2 is 1.75 bits per heavy atom. The van der Waals surface area contributed by atoms with Crippen LogP contribution in [-0.2, 0) is 4.74 Å². The van der Waals surface area contributed by atoms with Crippen molar-refractivity contribution in [2.75, 3.05) is 6.61 Å². The average Bonchev–Trinajstić information content (AvgIpc) is 2.36. The topological polar surface area (TPSA) is 9.23 Å². The Kier molecular flexibility index (Phi) is 3.57. The van der Waals surface area contributed by atoms with E-state index in [0.717, 1.165) is 12.5 Å². The fraction of sp³-hybridized carbons (Fsp3) is 1.00. The molecule has 1 aliphatic rings. The summed E-state index contributed by atoms with van der Waals surface area (Å²) in [5.74, 6) is 0.965. The summed E-state index contributed by atoms with van der Waals surface area (Å²) in [6, 6.07) is 0. The molecule has 72 valence electrons. The predicted octanol–water partition coefficient (Wildman–Crippen LogP) is 3.38. The Bertz CT molecular complexity index is 117. The highest BCUT2D eigenvalue weighted by molar-refractivity contribution is 4.67. The number of ether oxygens (including phenoxy) is 1. The molecule has 0 N–H and O–H groups in total. The van der Waals surface area contributed by atoms with E-state index in [1.807, 2.05) is 0 Å². The summed E-state index contributed by atoms with van der Waals surface area (Å²) in [6.45, 7) is 7.33. The van der Waals surface area contributed by atoms with Crippen molar-refractivity contribution in [1.82, 2.24) is 0 Å². The zero-order chi connectivity index (χ0) is 9.03. The SMILES string of the molecule is CC(C)(C)OCCC1CCCC1. The van der Waals surface area contributed by atoms with Crippen LogP contribution in [0.2, 0.25) is 0 Å². The van der Waals surface area contributed by atoms with E-state index in [9.17, 15) is 0 Å². The summed E-state index contributed by atoms with van der Waals surface area (Å²) in [5.41, 5.74) is 0.0542.